The molecule has 1 aromatic heterocycles. The van der Waals surface area contributed by atoms with E-state index < -0.39 is 0 Å². The van der Waals surface area contributed by atoms with Crippen LogP contribution in [-0.2, 0) is 4.74 Å². The fourth-order valence-electron chi connectivity index (χ4n) is 1.93. The Hall–Kier alpha value is -1.07. The van der Waals surface area contributed by atoms with Crippen molar-refractivity contribution in [3.63, 3.8) is 0 Å². The van der Waals surface area contributed by atoms with E-state index in [1.54, 1.807) is 7.11 Å². The molecule has 1 aliphatic rings. The highest BCUT2D eigenvalue weighted by Gasteiger charge is 2.21. The minimum Gasteiger partial charge on any atom is -0.490 e. The molecule has 1 fully saturated rings. The first-order valence-electron chi connectivity index (χ1n) is 5.63. The summed E-state index contributed by atoms with van der Waals surface area (Å²) in [5, 5.41) is 0.343. The van der Waals surface area contributed by atoms with Crippen LogP contribution in [0.1, 0.15) is 13.3 Å². The molecule has 0 aliphatic carbocycles. The zero-order valence-corrected chi connectivity index (χ0v) is 10.8. The first kappa shape index (κ1) is 12.4. The van der Waals surface area contributed by atoms with Gasteiger partial charge in [0.15, 0.2) is 16.7 Å². The van der Waals surface area contributed by atoms with E-state index in [4.69, 9.17) is 21.1 Å². The molecule has 0 spiro atoms. The molecule has 0 aromatic carbocycles. The molecule has 17 heavy (non-hydrogen) atoms. The smallest absolute Gasteiger partial charge is 0.199 e. The normalized spacial score (nSPS) is 21.1. The summed E-state index contributed by atoms with van der Waals surface area (Å²) in [4.78, 5) is 10.3. The molecule has 0 bridgehead atoms. The molecular weight excluding hydrogens is 242 g/mol. The molecule has 94 valence electrons. The van der Waals surface area contributed by atoms with Gasteiger partial charge in [0.1, 0.15) is 6.33 Å². The van der Waals surface area contributed by atoms with Gasteiger partial charge in [0.05, 0.1) is 13.2 Å². The van der Waals surface area contributed by atoms with Crippen LogP contribution in [0.2, 0.25) is 5.15 Å². The summed E-state index contributed by atoms with van der Waals surface area (Å²) < 4.78 is 10.9. The van der Waals surface area contributed by atoms with Crippen LogP contribution in [0.15, 0.2) is 6.33 Å². The van der Waals surface area contributed by atoms with Crippen molar-refractivity contribution in [2.45, 2.75) is 19.4 Å². The third-order valence-electron chi connectivity index (χ3n) is 2.70. The zero-order valence-electron chi connectivity index (χ0n) is 10.0. The lowest BCUT2D eigenvalue weighted by atomic mass is 10.3. The Labute approximate surface area is 106 Å². The molecule has 1 aliphatic heterocycles. The second-order valence-corrected chi connectivity index (χ2v) is 4.36. The van der Waals surface area contributed by atoms with E-state index in [1.807, 2.05) is 6.92 Å². The van der Waals surface area contributed by atoms with Crippen molar-refractivity contribution in [3.05, 3.63) is 11.5 Å². The van der Waals surface area contributed by atoms with Crippen molar-refractivity contribution >= 4 is 17.4 Å². The van der Waals surface area contributed by atoms with Crippen LogP contribution < -0.4 is 9.64 Å². The Kier molecular flexibility index (Phi) is 4.02. The Morgan fingerprint density at radius 3 is 3.12 bits per heavy atom. The van der Waals surface area contributed by atoms with Gasteiger partial charge in [-0.15, -0.1) is 0 Å². The Bertz CT molecular complexity index is 389. The predicted molar refractivity (Wildman–Crippen MR) is 65.8 cm³/mol. The van der Waals surface area contributed by atoms with Gasteiger partial charge < -0.3 is 14.4 Å². The van der Waals surface area contributed by atoms with E-state index in [2.05, 4.69) is 14.9 Å². The van der Waals surface area contributed by atoms with Crippen LogP contribution >= 0.6 is 11.6 Å². The first-order chi connectivity index (χ1) is 8.22. The second-order valence-electron chi connectivity index (χ2n) is 4.00. The maximum atomic E-state index is 5.99. The van der Waals surface area contributed by atoms with Crippen molar-refractivity contribution in [3.8, 4) is 5.75 Å². The lowest BCUT2D eigenvalue weighted by Gasteiger charge is -2.24. The van der Waals surface area contributed by atoms with Crippen LogP contribution in [0.25, 0.3) is 0 Å². The van der Waals surface area contributed by atoms with Gasteiger partial charge in [0.2, 0.25) is 0 Å². The molecule has 1 saturated heterocycles. The number of halogens is 1. The number of hydrogen-bond acceptors (Lipinski definition) is 5. The highest BCUT2D eigenvalue weighted by atomic mass is 35.5. The molecular formula is C11H16ClN3O2. The Morgan fingerprint density at radius 1 is 1.53 bits per heavy atom. The lowest BCUT2D eigenvalue weighted by molar-refractivity contribution is 0.0820. The molecule has 5 nitrogen and oxygen atoms in total. The monoisotopic (exact) mass is 257 g/mol. The number of rotatable bonds is 2. The first-order valence-corrected chi connectivity index (χ1v) is 6.01. The van der Waals surface area contributed by atoms with Crippen molar-refractivity contribution in [1.29, 1.82) is 0 Å². The maximum absolute atomic E-state index is 5.99. The lowest BCUT2D eigenvalue weighted by Crippen LogP contribution is -2.31. The summed E-state index contributed by atoms with van der Waals surface area (Å²) in [6.07, 6.45) is 2.60. The standard InChI is InChI=1S/C11H16ClN3O2/c1-8-6-15(4-3-5-17-8)11-9(16-2)10(12)13-7-14-11/h7-8H,3-6H2,1-2H3. The highest BCUT2D eigenvalue weighted by molar-refractivity contribution is 6.31. The number of hydrogen-bond donors (Lipinski definition) is 0. The van der Waals surface area contributed by atoms with Gasteiger partial charge in [0, 0.05) is 19.7 Å². The van der Waals surface area contributed by atoms with E-state index >= 15 is 0 Å². The molecule has 2 heterocycles. The number of nitrogens with zero attached hydrogens (tertiary/aromatic N) is 3. The van der Waals surface area contributed by atoms with E-state index in [1.165, 1.54) is 6.33 Å². The molecule has 1 aromatic rings. The van der Waals surface area contributed by atoms with Gasteiger partial charge in [-0.1, -0.05) is 11.6 Å². The van der Waals surface area contributed by atoms with E-state index in [0.29, 0.717) is 10.9 Å². The van der Waals surface area contributed by atoms with E-state index in [0.717, 1.165) is 31.9 Å². The quantitative estimate of drug-likeness (QED) is 0.756. The van der Waals surface area contributed by atoms with E-state index in [-0.39, 0.29) is 6.10 Å². The Morgan fingerprint density at radius 2 is 2.35 bits per heavy atom. The SMILES string of the molecule is COc1c(Cl)ncnc1N1CCCOC(C)C1. The van der Waals surface area contributed by atoms with Crippen molar-refractivity contribution in [2.24, 2.45) is 0 Å². The fraction of sp³-hybridized carbons (Fsp3) is 0.636. The van der Waals surface area contributed by atoms with Crippen LogP contribution in [0.4, 0.5) is 5.82 Å². The summed E-state index contributed by atoms with van der Waals surface area (Å²) in [7, 11) is 1.58. The Balaban J connectivity index is 2.28. The van der Waals surface area contributed by atoms with Crippen LogP contribution in [0.5, 0.6) is 5.75 Å². The predicted octanol–water partition coefficient (Wildman–Crippen LogP) is 1.75. The number of ether oxygens (including phenoxy) is 2. The molecule has 2 rings (SSSR count). The summed E-state index contributed by atoms with van der Waals surface area (Å²) in [5.74, 6) is 1.27. The van der Waals surface area contributed by atoms with Gasteiger partial charge in [-0.25, -0.2) is 9.97 Å². The molecule has 0 radical (unpaired) electrons. The average Bonchev–Trinajstić information content (AvgIpc) is 2.53. The molecule has 0 saturated carbocycles. The van der Waals surface area contributed by atoms with Crippen LogP contribution in [-0.4, -0.2) is 42.9 Å². The number of methoxy groups -OCH3 is 1. The number of aromatic nitrogens is 2. The van der Waals surface area contributed by atoms with Crippen LogP contribution in [0, 0.1) is 0 Å². The zero-order chi connectivity index (χ0) is 12.3. The van der Waals surface area contributed by atoms with Crippen molar-refractivity contribution in [2.75, 3.05) is 31.7 Å². The van der Waals surface area contributed by atoms with Crippen molar-refractivity contribution in [1.82, 2.24) is 9.97 Å². The second kappa shape index (κ2) is 5.51. The summed E-state index contributed by atoms with van der Waals surface area (Å²) in [6.45, 7) is 4.49. The third kappa shape index (κ3) is 2.79. The fourth-order valence-corrected chi connectivity index (χ4v) is 2.14. The van der Waals surface area contributed by atoms with Crippen molar-refractivity contribution < 1.29 is 9.47 Å². The molecule has 1 atom stereocenters. The summed E-state index contributed by atoms with van der Waals surface area (Å²) in [5.41, 5.74) is 0. The van der Waals surface area contributed by atoms with Gasteiger partial charge in [-0.2, -0.15) is 0 Å². The molecule has 1 unspecified atom stereocenters. The number of anilines is 1. The van der Waals surface area contributed by atoms with Crippen LogP contribution in [0.3, 0.4) is 0 Å². The highest BCUT2D eigenvalue weighted by Crippen LogP contribution is 2.32. The minimum atomic E-state index is 0.177. The molecule has 6 heteroatoms. The third-order valence-corrected chi connectivity index (χ3v) is 2.97. The van der Waals surface area contributed by atoms with Gasteiger partial charge >= 0.3 is 0 Å². The van der Waals surface area contributed by atoms with Gasteiger partial charge in [-0.3, -0.25) is 0 Å². The minimum absolute atomic E-state index is 0.177. The topological polar surface area (TPSA) is 47.5 Å². The molecule has 0 N–H and O–H groups in total. The van der Waals surface area contributed by atoms with E-state index in [9.17, 15) is 0 Å². The average molecular weight is 258 g/mol. The largest absolute Gasteiger partial charge is 0.490 e. The molecule has 0 amide bonds. The van der Waals surface area contributed by atoms with Gasteiger partial charge in [-0.05, 0) is 13.3 Å². The maximum Gasteiger partial charge on any atom is 0.199 e. The summed E-state index contributed by atoms with van der Waals surface area (Å²) in [6, 6.07) is 0. The van der Waals surface area contributed by atoms with Gasteiger partial charge in [0.25, 0.3) is 0 Å². The summed E-state index contributed by atoms with van der Waals surface area (Å²) >= 11 is 5.99.